The molecule has 0 aliphatic carbocycles. The molecule has 92 valence electrons. The van der Waals surface area contributed by atoms with E-state index in [1.807, 2.05) is 12.1 Å². The first kappa shape index (κ1) is 13.5. The van der Waals surface area contributed by atoms with Gasteiger partial charge in [-0.2, -0.15) is 18.4 Å². The second kappa shape index (κ2) is 5.69. The molecule has 0 saturated heterocycles. The average molecular weight is 242 g/mol. The van der Waals surface area contributed by atoms with Crippen molar-refractivity contribution in [2.24, 2.45) is 0 Å². The summed E-state index contributed by atoms with van der Waals surface area (Å²) in [6.45, 7) is 0.578. The fourth-order valence-corrected chi connectivity index (χ4v) is 1.51. The van der Waals surface area contributed by atoms with Gasteiger partial charge in [0.1, 0.15) is 6.04 Å². The standard InChI is InChI=1S/C12H13F3N2/c1-9(10-5-3-2-4-6-10)11(7-16)17-8-12(13,14)15/h2-6,9,11,17H,8H2,1H3. The fraction of sp³-hybridized carbons (Fsp3) is 0.417. The van der Waals surface area contributed by atoms with Gasteiger partial charge in [0.2, 0.25) is 0 Å². The van der Waals surface area contributed by atoms with Gasteiger partial charge in [0.05, 0.1) is 12.6 Å². The Hall–Kier alpha value is -1.54. The molecule has 1 N–H and O–H groups in total. The Morgan fingerprint density at radius 1 is 1.29 bits per heavy atom. The van der Waals surface area contributed by atoms with Crippen molar-refractivity contribution >= 4 is 0 Å². The third-order valence-corrected chi connectivity index (χ3v) is 2.49. The van der Waals surface area contributed by atoms with E-state index in [0.717, 1.165) is 5.56 Å². The Morgan fingerprint density at radius 2 is 1.88 bits per heavy atom. The van der Waals surface area contributed by atoms with E-state index < -0.39 is 18.8 Å². The van der Waals surface area contributed by atoms with Gasteiger partial charge in [-0.05, 0) is 5.56 Å². The molecule has 1 aromatic carbocycles. The molecule has 5 heteroatoms. The highest BCUT2D eigenvalue weighted by Crippen LogP contribution is 2.20. The SMILES string of the molecule is CC(c1ccccc1)C(C#N)NCC(F)(F)F. The minimum absolute atomic E-state index is 0.288. The maximum Gasteiger partial charge on any atom is 0.401 e. The van der Waals surface area contributed by atoms with E-state index in [-0.39, 0.29) is 5.92 Å². The minimum atomic E-state index is -4.30. The lowest BCUT2D eigenvalue weighted by atomic mass is 9.94. The normalized spacial score (nSPS) is 15.0. The molecule has 2 atom stereocenters. The molecule has 0 heterocycles. The van der Waals surface area contributed by atoms with Crippen LogP contribution in [-0.4, -0.2) is 18.8 Å². The van der Waals surface area contributed by atoms with Crippen LogP contribution in [-0.2, 0) is 0 Å². The van der Waals surface area contributed by atoms with Crippen molar-refractivity contribution < 1.29 is 13.2 Å². The van der Waals surface area contributed by atoms with E-state index >= 15 is 0 Å². The molecular weight excluding hydrogens is 229 g/mol. The van der Waals surface area contributed by atoms with Gasteiger partial charge in [-0.1, -0.05) is 37.3 Å². The number of rotatable bonds is 4. The van der Waals surface area contributed by atoms with Gasteiger partial charge >= 0.3 is 6.18 Å². The van der Waals surface area contributed by atoms with Crippen LogP contribution < -0.4 is 5.32 Å². The Kier molecular flexibility index (Phi) is 4.53. The van der Waals surface area contributed by atoms with E-state index in [1.165, 1.54) is 0 Å². The number of nitrogens with zero attached hydrogens (tertiary/aromatic N) is 1. The van der Waals surface area contributed by atoms with E-state index in [2.05, 4.69) is 5.32 Å². The summed E-state index contributed by atoms with van der Waals surface area (Å²) in [5.74, 6) is -0.288. The van der Waals surface area contributed by atoms with Crippen molar-refractivity contribution in [2.75, 3.05) is 6.54 Å². The highest BCUT2D eigenvalue weighted by molar-refractivity contribution is 5.22. The maximum absolute atomic E-state index is 12.0. The largest absolute Gasteiger partial charge is 0.401 e. The van der Waals surface area contributed by atoms with Crippen LogP contribution in [0.15, 0.2) is 30.3 Å². The second-order valence-electron chi connectivity index (χ2n) is 3.80. The molecule has 2 nitrogen and oxygen atoms in total. The van der Waals surface area contributed by atoms with Gasteiger partial charge in [0.15, 0.2) is 0 Å². The minimum Gasteiger partial charge on any atom is -0.293 e. The van der Waals surface area contributed by atoms with Gasteiger partial charge in [-0.3, -0.25) is 5.32 Å². The summed E-state index contributed by atoms with van der Waals surface area (Å²) in [6, 6.07) is 10.0. The molecule has 1 rings (SSSR count). The topological polar surface area (TPSA) is 35.8 Å². The number of alkyl halides is 3. The van der Waals surface area contributed by atoms with Crippen LogP contribution in [0.5, 0.6) is 0 Å². The third kappa shape index (κ3) is 4.45. The quantitative estimate of drug-likeness (QED) is 0.881. The Labute approximate surface area is 98.1 Å². The predicted molar refractivity (Wildman–Crippen MR) is 58.3 cm³/mol. The van der Waals surface area contributed by atoms with Crippen LogP contribution in [0.4, 0.5) is 13.2 Å². The van der Waals surface area contributed by atoms with Gasteiger partial charge in [-0.25, -0.2) is 0 Å². The zero-order valence-electron chi connectivity index (χ0n) is 9.33. The summed E-state index contributed by atoms with van der Waals surface area (Å²) in [7, 11) is 0. The van der Waals surface area contributed by atoms with Crippen molar-refractivity contribution in [3.8, 4) is 6.07 Å². The Balaban J connectivity index is 2.66. The first-order valence-corrected chi connectivity index (χ1v) is 5.19. The van der Waals surface area contributed by atoms with Crippen molar-refractivity contribution in [1.29, 1.82) is 5.26 Å². The van der Waals surface area contributed by atoms with Crippen LogP contribution in [0.25, 0.3) is 0 Å². The Bertz CT molecular complexity index is 381. The highest BCUT2D eigenvalue weighted by atomic mass is 19.4. The third-order valence-electron chi connectivity index (χ3n) is 2.49. The molecule has 0 bridgehead atoms. The summed E-state index contributed by atoms with van der Waals surface area (Å²) in [4.78, 5) is 0. The van der Waals surface area contributed by atoms with Crippen molar-refractivity contribution in [1.82, 2.24) is 5.32 Å². The zero-order valence-corrected chi connectivity index (χ0v) is 9.33. The number of hydrogen-bond donors (Lipinski definition) is 1. The van der Waals surface area contributed by atoms with Crippen LogP contribution >= 0.6 is 0 Å². The van der Waals surface area contributed by atoms with E-state index in [1.54, 1.807) is 31.2 Å². The second-order valence-corrected chi connectivity index (χ2v) is 3.80. The smallest absolute Gasteiger partial charge is 0.293 e. The molecule has 0 aromatic heterocycles. The van der Waals surface area contributed by atoms with Crippen LogP contribution in [0.3, 0.4) is 0 Å². The van der Waals surface area contributed by atoms with Crippen molar-refractivity contribution in [3.63, 3.8) is 0 Å². The van der Waals surface area contributed by atoms with Crippen LogP contribution in [0.2, 0.25) is 0 Å². The summed E-state index contributed by atoms with van der Waals surface area (Å²) >= 11 is 0. The van der Waals surface area contributed by atoms with Gasteiger partial charge in [-0.15, -0.1) is 0 Å². The lowest BCUT2D eigenvalue weighted by Gasteiger charge is -2.20. The van der Waals surface area contributed by atoms with E-state index in [4.69, 9.17) is 5.26 Å². The van der Waals surface area contributed by atoms with Gasteiger partial charge < -0.3 is 0 Å². The van der Waals surface area contributed by atoms with Crippen LogP contribution in [0, 0.1) is 11.3 Å². The van der Waals surface area contributed by atoms with E-state index in [0.29, 0.717) is 0 Å². The summed E-state index contributed by atoms with van der Waals surface area (Å²) in [5.41, 5.74) is 0.841. The first-order valence-electron chi connectivity index (χ1n) is 5.19. The lowest BCUT2D eigenvalue weighted by molar-refractivity contribution is -0.125. The average Bonchev–Trinajstić information content (AvgIpc) is 2.29. The number of benzene rings is 1. The van der Waals surface area contributed by atoms with Crippen molar-refractivity contribution in [2.45, 2.75) is 25.1 Å². The molecule has 0 saturated carbocycles. The molecule has 1 aromatic rings. The zero-order chi connectivity index (χ0) is 12.9. The molecular formula is C12H13F3N2. The monoisotopic (exact) mass is 242 g/mol. The maximum atomic E-state index is 12.0. The van der Waals surface area contributed by atoms with Crippen LogP contribution in [0.1, 0.15) is 18.4 Å². The molecule has 0 aliphatic heterocycles. The number of nitrogens with one attached hydrogen (secondary N) is 1. The molecule has 17 heavy (non-hydrogen) atoms. The molecule has 0 fully saturated rings. The van der Waals surface area contributed by atoms with E-state index in [9.17, 15) is 13.2 Å². The fourth-order valence-electron chi connectivity index (χ4n) is 1.51. The molecule has 0 aliphatic rings. The predicted octanol–water partition coefficient (Wildman–Crippen LogP) is 2.83. The molecule has 0 radical (unpaired) electrons. The Morgan fingerprint density at radius 3 is 2.35 bits per heavy atom. The number of halogens is 3. The first-order chi connectivity index (χ1) is 7.94. The molecule has 2 unspecified atom stereocenters. The molecule has 0 amide bonds. The summed E-state index contributed by atoms with van der Waals surface area (Å²) in [6.07, 6.45) is -4.30. The number of nitriles is 1. The van der Waals surface area contributed by atoms with Gasteiger partial charge in [0, 0.05) is 5.92 Å². The van der Waals surface area contributed by atoms with Crippen molar-refractivity contribution in [3.05, 3.63) is 35.9 Å². The highest BCUT2D eigenvalue weighted by Gasteiger charge is 2.29. The van der Waals surface area contributed by atoms with Gasteiger partial charge in [0.25, 0.3) is 0 Å². The number of hydrogen-bond acceptors (Lipinski definition) is 2. The summed E-state index contributed by atoms with van der Waals surface area (Å²) in [5, 5.41) is 11.1. The summed E-state index contributed by atoms with van der Waals surface area (Å²) < 4.78 is 36.1. The lowest BCUT2D eigenvalue weighted by Crippen LogP contribution is -2.39. The molecule has 0 spiro atoms.